The third-order valence-corrected chi connectivity index (χ3v) is 4.11. The maximum absolute atomic E-state index is 11.7. The van der Waals surface area contributed by atoms with E-state index in [-0.39, 0.29) is 29.9 Å². The minimum absolute atomic E-state index is 0. The molecule has 136 valence electrons. The van der Waals surface area contributed by atoms with Crippen LogP contribution in [0.2, 0.25) is 0 Å². The Bertz CT molecular complexity index is 360. The molecule has 0 aromatic carbocycles. The molecule has 1 unspecified atom stereocenters. The van der Waals surface area contributed by atoms with Crippen molar-refractivity contribution in [1.29, 1.82) is 0 Å². The number of likely N-dealkylation sites (N-methyl/N-ethyl adjacent to an activating group) is 1. The Hall–Kier alpha value is -0.570. The van der Waals surface area contributed by atoms with Gasteiger partial charge in [-0.1, -0.05) is 20.8 Å². The summed E-state index contributed by atoms with van der Waals surface area (Å²) < 4.78 is 0. The summed E-state index contributed by atoms with van der Waals surface area (Å²) in [7, 11) is 0. The lowest BCUT2D eigenvalue weighted by Crippen LogP contribution is -2.45. The summed E-state index contributed by atoms with van der Waals surface area (Å²) in [6.07, 6.45) is 1.58. The fourth-order valence-electron chi connectivity index (χ4n) is 2.68. The molecule has 2 N–H and O–H groups in total. The third kappa shape index (κ3) is 8.19. The lowest BCUT2D eigenvalue weighted by molar-refractivity contribution is -0.129. The SMILES string of the molecule is CCNC(=NCCN(CC)CC)NC1CCN(C(=O)CC)C1.I. The second-order valence-corrected chi connectivity index (χ2v) is 5.61. The lowest BCUT2D eigenvalue weighted by Gasteiger charge is -2.20. The number of carbonyl (C=O) groups excluding carboxylic acids is 1. The van der Waals surface area contributed by atoms with Gasteiger partial charge in [-0.3, -0.25) is 9.79 Å². The van der Waals surface area contributed by atoms with Crippen molar-refractivity contribution in [2.24, 2.45) is 4.99 Å². The zero-order valence-electron chi connectivity index (χ0n) is 15.1. The van der Waals surface area contributed by atoms with Crippen LogP contribution in [-0.2, 0) is 4.79 Å². The van der Waals surface area contributed by atoms with Gasteiger partial charge in [-0.25, -0.2) is 0 Å². The van der Waals surface area contributed by atoms with Gasteiger partial charge in [0.15, 0.2) is 5.96 Å². The zero-order chi connectivity index (χ0) is 16.4. The van der Waals surface area contributed by atoms with Crippen LogP contribution in [0.4, 0.5) is 0 Å². The average molecular weight is 439 g/mol. The molecular formula is C16H34IN5O. The van der Waals surface area contributed by atoms with Crippen molar-refractivity contribution in [3.05, 3.63) is 0 Å². The molecule has 1 amide bonds. The van der Waals surface area contributed by atoms with E-state index in [0.717, 1.165) is 58.2 Å². The van der Waals surface area contributed by atoms with E-state index in [4.69, 9.17) is 0 Å². The molecule has 23 heavy (non-hydrogen) atoms. The standard InChI is InChI=1S/C16H33N5O.HI/c1-5-15(22)21-11-9-14(13-21)19-16(17-6-2)18-10-12-20(7-3)8-4;/h14H,5-13H2,1-4H3,(H2,17,18,19);1H. The summed E-state index contributed by atoms with van der Waals surface area (Å²) in [5, 5.41) is 6.76. The van der Waals surface area contributed by atoms with E-state index in [2.05, 4.69) is 41.3 Å². The van der Waals surface area contributed by atoms with Gasteiger partial charge < -0.3 is 20.4 Å². The van der Waals surface area contributed by atoms with Crippen molar-refractivity contribution in [1.82, 2.24) is 20.4 Å². The van der Waals surface area contributed by atoms with Crippen LogP contribution in [-0.4, -0.2) is 73.5 Å². The number of nitrogens with one attached hydrogen (secondary N) is 2. The van der Waals surface area contributed by atoms with Gasteiger partial charge in [0.1, 0.15) is 0 Å². The first kappa shape index (κ1) is 22.4. The van der Waals surface area contributed by atoms with Gasteiger partial charge in [-0.05, 0) is 26.4 Å². The van der Waals surface area contributed by atoms with Gasteiger partial charge in [0, 0.05) is 38.6 Å². The summed E-state index contributed by atoms with van der Waals surface area (Å²) in [5.74, 6) is 1.11. The molecule has 6 nitrogen and oxygen atoms in total. The normalized spacial score (nSPS) is 18.0. The van der Waals surface area contributed by atoms with Crippen molar-refractivity contribution in [2.75, 3.05) is 45.8 Å². The van der Waals surface area contributed by atoms with Crippen molar-refractivity contribution in [3.8, 4) is 0 Å². The Labute approximate surface area is 158 Å². The molecule has 0 bridgehead atoms. The number of carbonyl (C=O) groups is 1. The van der Waals surface area contributed by atoms with Crippen LogP contribution in [0.25, 0.3) is 0 Å². The molecule has 0 saturated carbocycles. The molecule has 0 aliphatic carbocycles. The van der Waals surface area contributed by atoms with Crippen molar-refractivity contribution in [2.45, 2.75) is 46.6 Å². The van der Waals surface area contributed by atoms with Crippen LogP contribution in [0.5, 0.6) is 0 Å². The Morgan fingerprint density at radius 1 is 1.26 bits per heavy atom. The van der Waals surface area contributed by atoms with Crippen molar-refractivity contribution in [3.63, 3.8) is 0 Å². The van der Waals surface area contributed by atoms with Crippen molar-refractivity contribution < 1.29 is 4.79 Å². The van der Waals surface area contributed by atoms with Crippen LogP contribution in [0.1, 0.15) is 40.5 Å². The second kappa shape index (κ2) is 12.8. The van der Waals surface area contributed by atoms with Crippen molar-refractivity contribution >= 4 is 35.8 Å². The predicted molar refractivity (Wildman–Crippen MR) is 108 cm³/mol. The number of hydrogen-bond donors (Lipinski definition) is 2. The molecule has 0 aromatic rings. The zero-order valence-corrected chi connectivity index (χ0v) is 17.4. The molecule has 0 radical (unpaired) electrons. The highest BCUT2D eigenvalue weighted by atomic mass is 127. The van der Waals surface area contributed by atoms with Crippen LogP contribution in [0.3, 0.4) is 0 Å². The molecule has 7 heteroatoms. The molecule has 1 atom stereocenters. The first-order chi connectivity index (χ1) is 10.6. The van der Waals surface area contributed by atoms with E-state index in [1.165, 1.54) is 0 Å². The summed E-state index contributed by atoms with van der Waals surface area (Å²) in [5.41, 5.74) is 0. The molecule has 1 fully saturated rings. The molecule has 1 aliphatic heterocycles. The Morgan fingerprint density at radius 3 is 2.52 bits per heavy atom. The van der Waals surface area contributed by atoms with E-state index in [0.29, 0.717) is 12.5 Å². The molecule has 1 saturated heterocycles. The smallest absolute Gasteiger partial charge is 0.222 e. The summed E-state index contributed by atoms with van der Waals surface area (Å²) in [6.45, 7) is 14.7. The van der Waals surface area contributed by atoms with Crippen LogP contribution < -0.4 is 10.6 Å². The van der Waals surface area contributed by atoms with Gasteiger partial charge in [0.05, 0.1) is 6.54 Å². The molecule has 1 rings (SSSR count). The Kier molecular flexibility index (Phi) is 12.5. The predicted octanol–water partition coefficient (Wildman–Crippen LogP) is 1.51. The van der Waals surface area contributed by atoms with E-state index in [1.54, 1.807) is 0 Å². The van der Waals surface area contributed by atoms with Gasteiger partial charge in [-0.15, -0.1) is 24.0 Å². The summed E-state index contributed by atoms with van der Waals surface area (Å²) in [4.78, 5) is 20.7. The summed E-state index contributed by atoms with van der Waals surface area (Å²) in [6, 6.07) is 0.307. The Morgan fingerprint density at radius 2 is 1.96 bits per heavy atom. The molecular weight excluding hydrogens is 405 g/mol. The topological polar surface area (TPSA) is 60.0 Å². The van der Waals surface area contributed by atoms with Gasteiger partial charge >= 0.3 is 0 Å². The average Bonchev–Trinajstić information content (AvgIpc) is 2.99. The lowest BCUT2D eigenvalue weighted by atomic mass is 10.3. The molecule has 1 heterocycles. The van der Waals surface area contributed by atoms with E-state index < -0.39 is 0 Å². The highest BCUT2D eigenvalue weighted by Gasteiger charge is 2.25. The number of aliphatic imine (C=N–C) groups is 1. The summed E-state index contributed by atoms with van der Waals surface area (Å²) >= 11 is 0. The monoisotopic (exact) mass is 439 g/mol. The number of nitrogens with zero attached hydrogens (tertiary/aromatic N) is 3. The number of guanidine groups is 1. The number of likely N-dealkylation sites (tertiary alicyclic amines) is 1. The number of hydrogen-bond acceptors (Lipinski definition) is 3. The highest BCUT2D eigenvalue weighted by molar-refractivity contribution is 14.0. The second-order valence-electron chi connectivity index (χ2n) is 5.61. The number of rotatable bonds is 8. The number of amides is 1. The van der Waals surface area contributed by atoms with Crippen LogP contribution in [0.15, 0.2) is 4.99 Å². The minimum Gasteiger partial charge on any atom is -0.357 e. The first-order valence-corrected chi connectivity index (χ1v) is 8.69. The molecule has 0 aromatic heterocycles. The van der Waals surface area contributed by atoms with E-state index in [1.807, 2.05) is 11.8 Å². The molecule has 0 spiro atoms. The minimum atomic E-state index is 0. The van der Waals surface area contributed by atoms with Crippen LogP contribution in [0, 0.1) is 0 Å². The third-order valence-electron chi connectivity index (χ3n) is 4.11. The quantitative estimate of drug-likeness (QED) is 0.342. The Balaban J connectivity index is 0.00000484. The number of halogens is 1. The van der Waals surface area contributed by atoms with Gasteiger partial charge in [0.2, 0.25) is 5.91 Å². The first-order valence-electron chi connectivity index (χ1n) is 8.69. The van der Waals surface area contributed by atoms with Crippen LogP contribution >= 0.6 is 24.0 Å². The van der Waals surface area contributed by atoms with E-state index in [9.17, 15) is 4.79 Å². The maximum atomic E-state index is 11.7. The van der Waals surface area contributed by atoms with Gasteiger partial charge in [0.25, 0.3) is 0 Å². The van der Waals surface area contributed by atoms with Gasteiger partial charge in [-0.2, -0.15) is 0 Å². The fraction of sp³-hybridized carbons (Fsp3) is 0.875. The highest BCUT2D eigenvalue weighted by Crippen LogP contribution is 2.10. The van der Waals surface area contributed by atoms with E-state index >= 15 is 0 Å². The fourth-order valence-corrected chi connectivity index (χ4v) is 2.68. The maximum Gasteiger partial charge on any atom is 0.222 e. The largest absolute Gasteiger partial charge is 0.357 e. The molecule has 1 aliphatic rings.